The van der Waals surface area contributed by atoms with Crippen molar-refractivity contribution in [3.63, 3.8) is 0 Å². The number of allylic oxidation sites excluding steroid dienone is 10. The lowest BCUT2D eigenvalue weighted by Gasteiger charge is -2.24. The van der Waals surface area contributed by atoms with Crippen molar-refractivity contribution in [1.29, 1.82) is 0 Å². The van der Waals surface area contributed by atoms with E-state index in [1.165, 1.54) is 96.3 Å². The van der Waals surface area contributed by atoms with Crippen LogP contribution in [0.1, 0.15) is 239 Å². The molecule has 6 nitrogen and oxygen atoms in total. The van der Waals surface area contributed by atoms with E-state index in [2.05, 4.69) is 86.8 Å². The molecule has 0 spiro atoms. The fourth-order valence-corrected chi connectivity index (χ4v) is 7.34. The molecule has 0 fully saturated rings. The van der Waals surface area contributed by atoms with Gasteiger partial charge in [0, 0.05) is 6.42 Å². The van der Waals surface area contributed by atoms with Crippen molar-refractivity contribution < 1.29 is 24.5 Å². The Morgan fingerprint density at radius 3 is 1.37 bits per heavy atom. The fourth-order valence-electron chi connectivity index (χ4n) is 7.34. The summed E-state index contributed by atoms with van der Waals surface area (Å²) in [7, 11) is 0. The molecule has 0 aromatic rings. The zero-order chi connectivity index (χ0) is 43.1. The van der Waals surface area contributed by atoms with Crippen LogP contribution >= 0.6 is 0 Å². The highest BCUT2D eigenvalue weighted by atomic mass is 16.5. The van der Waals surface area contributed by atoms with Gasteiger partial charge in [-0.2, -0.15) is 0 Å². The third-order valence-electron chi connectivity index (χ3n) is 11.1. The maximum Gasteiger partial charge on any atom is 0.306 e. The van der Waals surface area contributed by atoms with Crippen molar-refractivity contribution in [1.82, 2.24) is 5.32 Å². The standard InChI is InChI=1S/C53H95NO5/c1-4-7-10-13-16-19-22-23-24-25-26-27-28-29-31-34-37-40-43-46-53(58)59-49(44-41-38-35-32-21-18-15-12-9-6-3)47-52(57)54-50(48-55)51(56)45-42-39-36-33-30-20-17-14-11-8-5-2/h7,10,16,19,23-24,26-27,29,31,49-51,55-56H,4-6,8-9,11-15,17-18,20-22,25,28,30,32-48H2,1-3H3,(H,54,57)/b10-7-,19-16-,24-23-,27-26-,31-29-. The van der Waals surface area contributed by atoms with Gasteiger partial charge in [-0.05, 0) is 70.6 Å². The SMILES string of the molecule is CC/C=C\C/C=C\C/C=C\C/C=C\C/C=C\CCCCCC(=O)OC(CCCCCCCCCCCC)CC(=O)NC(CO)C(O)CCCCCCCCCCCCC. The predicted molar refractivity (Wildman–Crippen MR) is 255 cm³/mol. The third kappa shape index (κ3) is 42.1. The molecule has 0 radical (unpaired) electrons. The van der Waals surface area contributed by atoms with Crippen LogP contribution < -0.4 is 5.32 Å². The van der Waals surface area contributed by atoms with Gasteiger partial charge in [-0.1, -0.05) is 216 Å². The lowest BCUT2D eigenvalue weighted by molar-refractivity contribution is -0.151. The molecular formula is C53H95NO5. The molecule has 3 unspecified atom stereocenters. The molecule has 0 aliphatic rings. The van der Waals surface area contributed by atoms with Gasteiger partial charge in [0.25, 0.3) is 0 Å². The molecule has 0 aliphatic carbocycles. The smallest absolute Gasteiger partial charge is 0.306 e. The first kappa shape index (κ1) is 56.6. The Labute approximate surface area is 365 Å². The minimum absolute atomic E-state index is 0.0644. The first-order valence-electron chi connectivity index (χ1n) is 25.0. The number of ether oxygens (including phenoxy) is 1. The number of amides is 1. The van der Waals surface area contributed by atoms with Crippen LogP contribution in [-0.4, -0.2) is 46.9 Å². The fraction of sp³-hybridized carbons (Fsp3) is 0.774. The Morgan fingerprint density at radius 2 is 0.915 bits per heavy atom. The number of hydrogen-bond donors (Lipinski definition) is 3. The van der Waals surface area contributed by atoms with Crippen molar-refractivity contribution >= 4 is 11.9 Å². The zero-order valence-corrected chi connectivity index (χ0v) is 38.9. The minimum Gasteiger partial charge on any atom is -0.462 e. The Morgan fingerprint density at radius 1 is 0.508 bits per heavy atom. The maximum absolute atomic E-state index is 13.2. The second kappa shape index (κ2) is 46.6. The quantitative estimate of drug-likeness (QED) is 0.0323. The molecular weight excluding hydrogens is 731 g/mol. The lowest BCUT2D eigenvalue weighted by Crippen LogP contribution is -2.46. The number of carbonyl (C=O) groups is 2. The monoisotopic (exact) mass is 826 g/mol. The molecule has 342 valence electrons. The van der Waals surface area contributed by atoms with E-state index < -0.39 is 18.2 Å². The van der Waals surface area contributed by atoms with Crippen molar-refractivity contribution in [3.05, 3.63) is 60.8 Å². The van der Waals surface area contributed by atoms with Gasteiger partial charge in [-0.3, -0.25) is 9.59 Å². The Balaban J connectivity index is 4.56. The summed E-state index contributed by atoms with van der Waals surface area (Å²) in [5, 5.41) is 23.7. The second-order valence-electron chi connectivity index (χ2n) is 16.8. The average molecular weight is 826 g/mol. The van der Waals surface area contributed by atoms with Crippen LogP contribution in [0.2, 0.25) is 0 Å². The molecule has 0 rings (SSSR count). The molecule has 0 saturated carbocycles. The molecule has 6 heteroatoms. The second-order valence-corrected chi connectivity index (χ2v) is 16.8. The van der Waals surface area contributed by atoms with Gasteiger partial charge < -0.3 is 20.3 Å². The molecule has 0 heterocycles. The number of aliphatic hydroxyl groups excluding tert-OH is 2. The van der Waals surface area contributed by atoms with Gasteiger partial charge >= 0.3 is 5.97 Å². The number of rotatable bonds is 44. The van der Waals surface area contributed by atoms with Gasteiger partial charge in [0.2, 0.25) is 5.91 Å². The van der Waals surface area contributed by atoms with E-state index in [1.807, 2.05) is 0 Å². The highest BCUT2D eigenvalue weighted by Gasteiger charge is 2.24. The lowest BCUT2D eigenvalue weighted by atomic mass is 10.0. The van der Waals surface area contributed by atoms with Gasteiger partial charge in [-0.25, -0.2) is 0 Å². The van der Waals surface area contributed by atoms with Gasteiger partial charge in [0.05, 0.1) is 25.2 Å². The van der Waals surface area contributed by atoms with E-state index in [9.17, 15) is 19.8 Å². The summed E-state index contributed by atoms with van der Waals surface area (Å²) in [5.74, 6) is -0.510. The molecule has 3 atom stereocenters. The molecule has 0 aliphatic heterocycles. The topological polar surface area (TPSA) is 95.9 Å². The van der Waals surface area contributed by atoms with Gasteiger partial charge in [0.15, 0.2) is 0 Å². The molecule has 0 aromatic heterocycles. The summed E-state index contributed by atoms with van der Waals surface area (Å²) in [4.78, 5) is 26.1. The van der Waals surface area contributed by atoms with Crippen LogP contribution in [0.3, 0.4) is 0 Å². The summed E-state index contributed by atoms with van der Waals surface area (Å²) in [6, 6.07) is -0.706. The van der Waals surface area contributed by atoms with E-state index in [0.717, 1.165) is 96.3 Å². The molecule has 3 N–H and O–H groups in total. The van der Waals surface area contributed by atoms with Crippen molar-refractivity contribution in [3.8, 4) is 0 Å². The highest BCUT2D eigenvalue weighted by Crippen LogP contribution is 2.17. The number of unbranched alkanes of at least 4 members (excludes halogenated alkanes) is 22. The number of nitrogens with one attached hydrogen (secondary N) is 1. The first-order chi connectivity index (χ1) is 29.0. The van der Waals surface area contributed by atoms with Gasteiger partial charge in [-0.15, -0.1) is 0 Å². The molecule has 1 amide bonds. The van der Waals surface area contributed by atoms with E-state index in [0.29, 0.717) is 19.3 Å². The largest absolute Gasteiger partial charge is 0.462 e. The van der Waals surface area contributed by atoms with Crippen molar-refractivity contribution in [2.24, 2.45) is 0 Å². The number of carbonyl (C=O) groups excluding carboxylic acids is 2. The summed E-state index contributed by atoms with van der Waals surface area (Å²) in [5.41, 5.74) is 0. The van der Waals surface area contributed by atoms with Crippen LogP contribution in [0.25, 0.3) is 0 Å². The normalized spacial score (nSPS) is 13.8. The van der Waals surface area contributed by atoms with E-state index in [1.54, 1.807) is 0 Å². The van der Waals surface area contributed by atoms with E-state index >= 15 is 0 Å². The van der Waals surface area contributed by atoms with Crippen molar-refractivity contribution in [2.45, 2.75) is 257 Å². The van der Waals surface area contributed by atoms with E-state index in [4.69, 9.17) is 4.74 Å². The summed E-state index contributed by atoms with van der Waals surface area (Å²) < 4.78 is 5.90. The molecule has 0 aromatic carbocycles. The minimum atomic E-state index is -0.792. The highest BCUT2D eigenvalue weighted by molar-refractivity contribution is 5.77. The Hall–Kier alpha value is -2.44. The van der Waals surface area contributed by atoms with Crippen LogP contribution in [-0.2, 0) is 14.3 Å². The van der Waals surface area contributed by atoms with Crippen molar-refractivity contribution in [2.75, 3.05) is 6.61 Å². The van der Waals surface area contributed by atoms with Gasteiger partial charge in [0.1, 0.15) is 6.10 Å². The number of hydrogen-bond acceptors (Lipinski definition) is 5. The molecule has 59 heavy (non-hydrogen) atoms. The predicted octanol–water partition coefficient (Wildman–Crippen LogP) is 14.8. The summed E-state index contributed by atoms with van der Waals surface area (Å²) in [6.07, 6.45) is 57.1. The number of aliphatic hydroxyl groups is 2. The Kier molecular flexibility index (Phi) is 44.7. The average Bonchev–Trinajstić information content (AvgIpc) is 3.23. The molecule has 0 saturated heterocycles. The summed E-state index contributed by atoms with van der Waals surface area (Å²) in [6.45, 7) is 6.34. The van der Waals surface area contributed by atoms with Crippen LogP contribution in [0.5, 0.6) is 0 Å². The Bertz CT molecular complexity index is 1060. The summed E-state index contributed by atoms with van der Waals surface area (Å²) >= 11 is 0. The van der Waals surface area contributed by atoms with Crippen LogP contribution in [0.15, 0.2) is 60.8 Å². The van der Waals surface area contributed by atoms with Crippen LogP contribution in [0.4, 0.5) is 0 Å². The van der Waals surface area contributed by atoms with Crippen LogP contribution in [0, 0.1) is 0 Å². The number of esters is 1. The van der Waals surface area contributed by atoms with E-state index in [-0.39, 0.29) is 24.9 Å². The zero-order valence-electron chi connectivity index (χ0n) is 38.9. The first-order valence-corrected chi connectivity index (χ1v) is 25.0. The molecule has 0 bridgehead atoms. The third-order valence-corrected chi connectivity index (χ3v) is 11.1. The maximum atomic E-state index is 13.2.